The predicted molar refractivity (Wildman–Crippen MR) is 61.8 cm³/mol. The lowest BCUT2D eigenvalue weighted by Gasteiger charge is -2.26. The summed E-state index contributed by atoms with van der Waals surface area (Å²) in [5, 5.41) is 2.82. The number of carbonyl (C=O) groups is 2. The van der Waals surface area contributed by atoms with Gasteiger partial charge in [-0.1, -0.05) is 0 Å². The molecule has 1 atom stereocenters. The van der Waals surface area contributed by atoms with E-state index in [9.17, 15) is 9.59 Å². The molecule has 0 saturated carbocycles. The third kappa shape index (κ3) is 2.24. The van der Waals surface area contributed by atoms with E-state index in [0.717, 1.165) is 24.8 Å². The molecule has 1 aliphatic rings. The highest BCUT2D eigenvalue weighted by atomic mass is 16.5. The Hall–Kier alpha value is -1.62. The number of hydrogen-bond acceptors (Lipinski definition) is 3. The zero-order chi connectivity index (χ0) is 12.3. The summed E-state index contributed by atoms with van der Waals surface area (Å²) in [6.45, 7) is 1.12. The lowest BCUT2D eigenvalue weighted by molar-refractivity contribution is -0.125. The maximum atomic E-state index is 11.8. The quantitative estimate of drug-likeness (QED) is 0.790. The van der Waals surface area contributed by atoms with Gasteiger partial charge in [-0.15, -0.1) is 0 Å². The number of carbonyl (C=O) groups excluding carboxylic acids is 2. The van der Waals surface area contributed by atoms with E-state index in [1.54, 1.807) is 17.7 Å². The summed E-state index contributed by atoms with van der Waals surface area (Å²) in [5.41, 5.74) is 1.38. The fraction of sp³-hybridized carbons (Fsp3) is 0.500. The molecule has 5 heteroatoms. The van der Waals surface area contributed by atoms with Gasteiger partial charge < -0.3 is 14.6 Å². The molecule has 0 spiro atoms. The van der Waals surface area contributed by atoms with Gasteiger partial charge in [-0.25, -0.2) is 0 Å². The molecule has 1 aliphatic heterocycles. The van der Waals surface area contributed by atoms with Crippen LogP contribution in [-0.2, 0) is 16.1 Å². The first-order chi connectivity index (χ1) is 8.27. The minimum absolute atomic E-state index is 0.0205. The average molecular weight is 236 g/mol. The third-order valence-electron chi connectivity index (χ3n) is 3.01. The van der Waals surface area contributed by atoms with Crippen molar-refractivity contribution >= 4 is 12.2 Å². The second-order valence-electron chi connectivity index (χ2n) is 4.12. The molecule has 1 unspecified atom stereocenters. The zero-order valence-electron chi connectivity index (χ0n) is 9.81. The van der Waals surface area contributed by atoms with Gasteiger partial charge in [0.15, 0.2) is 6.29 Å². The average Bonchev–Trinajstić information content (AvgIpc) is 2.73. The molecule has 1 N–H and O–H groups in total. The van der Waals surface area contributed by atoms with Gasteiger partial charge in [0, 0.05) is 19.3 Å². The van der Waals surface area contributed by atoms with Crippen LogP contribution in [0.4, 0.5) is 0 Å². The van der Waals surface area contributed by atoms with Crippen molar-refractivity contribution in [3.8, 4) is 0 Å². The Balaban J connectivity index is 2.36. The van der Waals surface area contributed by atoms with E-state index in [-0.39, 0.29) is 11.9 Å². The van der Waals surface area contributed by atoms with E-state index in [1.807, 2.05) is 6.07 Å². The fourth-order valence-corrected chi connectivity index (χ4v) is 2.25. The monoisotopic (exact) mass is 236 g/mol. The SMILES string of the molecule is COCc1ccc(C=O)n1C1CCCNC1=O. The van der Waals surface area contributed by atoms with Crippen molar-refractivity contribution in [1.82, 2.24) is 9.88 Å². The van der Waals surface area contributed by atoms with Crippen LogP contribution in [0.15, 0.2) is 12.1 Å². The third-order valence-corrected chi connectivity index (χ3v) is 3.01. The summed E-state index contributed by atoms with van der Waals surface area (Å²) in [6.07, 6.45) is 2.47. The first-order valence-corrected chi connectivity index (χ1v) is 5.70. The van der Waals surface area contributed by atoms with E-state index in [0.29, 0.717) is 18.8 Å². The summed E-state index contributed by atoms with van der Waals surface area (Å²) >= 11 is 0. The largest absolute Gasteiger partial charge is 0.378 e. The van der Waals surface area contributed by atoms with Crippen LogP contribution in [0.25, 0.3) is 0 Å². The normalized spacial score (nSPS) is 20.1. The molecule has 2 rings (SSSR count). The molecule has 17 heavy (non-hydrogen) atoms. The molecule has 0 aliphatic carbocycles. The maximum Gasteiger partial charge on any atom is 0.243 e. The van der Waals surface area contributed by atoms with Crippen LogP contribution in [-0.4, -0.2) is 30.4 Å². The van der Waals surface area contributed by atoms with Gasteiger partial charge in [0.2, 0.25) is 5.91 Å². The fourth-order valence-electron chi connectivity index (χ4n) is 2.25. The minimum Gasteiger partial charge on any atom is -0.378 e. The summed E-state index contributed by atoms with van der Waals surface area (Å²) in [5.74, 6) is -0.0205. The lowest BCUT2D eigenvalue weighted by Crippen LogP contribution is -2.38. The van der Waals surface area contributed by atoms with E-state index < -0.39 is 0 Å². The lowest BCUT2D eigenvalue weighted by atomic mass is 10.1. The number of hydrogen-bond donors (Lipinski definition) is 1. The minimum atomic E-state index is -0.288. The molecular formula is C12H16N2O3. The second-order valence-corrected chi connectivity index (χ2v) is 4.12. The second kappa shape index (κ2) is 5.14. The zero-order valence-corrected chi connectivity index (χ0v) is 9.81. The van der Waals surface area contributed by atoms with Crippen molar-refractivity contribution in [2.24, 2.45) is 0 Å². The van der Waals surface area contributed by atoms with Gasteiger partial charge >= 0.3 is 0 Å². The topological polar surface area (TPSA) is 60.3 Å². The molecule has 1 aromatic rings. The number of nitrogens with one attached hydrogen (secondary N) is 1. The Kier molecular flexibility index (Phi) is 3.58. The number of amides is 1. The Morgan fingerprint density at radius 3 is 3.06 bits per heavy atom. The molecule has 1 fully saturated rings. The molecular weight excluding hydrogens is 220 g/mol. The molecule has 5 nitrogen and oxygen atoms in total. The van der Waals surface area contributed by atoms with E-state index in [2.05, 4.69) is 5.32 Å². The molecule has 0 radical (unpaired) electrons. The first-order valence-electron chi connectivity index (χ1n) is 5.70. The summed E-state index contributed by atoms with van der Waals surface area (Å²) in [4.78, 5) is 22.8. The van der Waals surface area contributed by atoms with E-state index >= 15 is 0 Å². The number of piperidine rings is 1. The Morgan fingerprint density at radius 1 is 1.59 bits per heavy atom. The highest BCUT2D eigenvalue weighted by molar-refractivity contribution is 5.83. The summed E-state index contributed by atoms with van der Waals surface area (Å²) in [7, 11) is 1.60. The van der Waals surface area contributed by atoms with Gasteiger partial charge in [-0.2, -0.15) is 0 Å². The Morgan fingerprint density at radius 2 is 2.41 bits per heavy atom. The molecule has 2 heterocycles. The van der Waals surface area contributed by atoms with Crippen molar-refractivity contribution < 1.29 is 14.3 Å². The number of nitrogens with zero attached hydrogens (tertiary/aromatic N) is 1. The summed E-state index contributed by atoms with van der Waals surface area (Å²) < 4.78 is 6.87. The molecule has 1 aromatic heterocycles. The Bertz CT molecular complexity index is 425. The number of methoxy groups -OCH3 is 1. The molecule has 92 valence electrons. The highest BCUT2D eigenvalue weighted by Gasteiger charge is 2.26. The molecule has 1 saturated heterocycles. The Labute approximate surface area is 99.8 Å². The van der Waals surface area contributed by atoms with Gasteiger partial charge in [0.1, 0.15) is 6.04 Å². The van der Waals surface area contributed by atoms with Crippen molar-refractivity contribution in [2.75, 3.05) is 13.7 Å². The van der Waals surface area contributed by atoms with E-state index in [1.165, 1.54) is 0 Å². The van der Waals surface area contributed by atoms with Gasteiger partial charge in [-0.3, -0.25) is 9.59 Å². The first kappa shape index (κ1) is 11.9. The van der Waals surface area contributed by atoms with Crippen molar-refractivity contribution in [3.05, 3.63) is 23.5 Å². The molecule has 1 amide bonds. The van der Waals surface area contributed by atoms with Crippen molar-refractivity contribution in [1.29, 1.82) is 0 Å². The van der Waals surface area contributed by atoms with Crippen LogP contribution in [0, 0.1) is 0 Å². The van der Waals surface area contributed by atoms with Crippen LogP contribution >= 0.6 is 0 Å². The summed E-state index contributed by atoms with van der Waals surface area (Å²) in [6, 6.07) is 3.27. The van der Waals surface area contributed by atoms with E-state index in [4.69, 9.17) is 4.74 Å². The van der Waals surface area contributed by atoms with Crippen LogP contribution in [0.2, 0.25) is 0 Å². The van der Waals surface area contributed by atoms with Crippen molar-refractivity contribution in [2.45, 2.75) is 25.5 Å². The molecule has 0 aromatic carbocycles. The predicted octanol–water partition coefficient (Wildman–Crippen LogP) is 0.898. The van der Waals surface area contributed by atoms with Gasteiger partial charge in [0.05, 0.1) is 12.3 Å². The standard InChI is InChI=1S/C12H16N2O3/c1-17-8-10-5-4-9(7-15)14(10)11-3-2-6-13-12(11)16/h4-5,7,11H,2-3,6,8H2,1H3,(H,13,16). The van der Waals surface area contributed by atoms with Crippen LogP contribution < -0.4 is 5.32 Å². The number of aromatic nitrogens is 1. The van der Waals surface area contributed by atoms with Crippen molar-refractivity contribution in [3.63, 3.8) is 0 Å². The van der Waals surface area contributed by atoms with Crippen LogP contribution in [0.3, 0.4) is 0 Å². The van der Waals surface area contributed by atoms with Gasteiger partial charge in [0.25, 0.3) is 0 Å². The maximum absolute atomic E-state index is 11.8. The number of aldehydes is 1. The smallest absolute Gasteiger partial charge is 0.243 e. The van der Waals surface area contributed by atoms with Crippen LogP contribution in [0.1, 0.15) is 35.1 Å². The van der Waals surface area contributed by atoms with Crippen LogP contribution in [0.5, 0.6) is 0 Å². The number of rotatable bonds is 4. The molecule has 0 bridgehead atoms. The number of ether oxygens (including phenoxy) is 1. The van der Waals surface area contributed by atoms with Gasteiger partial charge in [-0.05, 0) is 25.0 Å². The highest BCUT2D eigenvalue weighted by Crippen LogP contribution is 2.23.